The Bertz CT molecular complexity index is 5790. The summed E-state index contributed by atoms with van der Waals surface area (Å²) in [5.41, 5.74) is 20.1. The summed E-state index contributed by atoms with van der Waals surface area (Å²) >= 11 is 7.39. The Hall–Kier alpha value is -11.6. The van der Waals surface area contributed by atoms with Gasteiger partial charge in [-0.1, -0.05) is 206 Å². The molecule has 2 aliphatic heterocycles. The lowest BCUT2D eigenvalue weighted by atomic mass is 9.65. The van der Waals surface area contributed by atoms with Gasteiger partial charge in [0.05, 0.1) is 33.6 Å². The zero-order valence-corrected chi connectivity index (χ0v) is 55.5. The third-order valence-corrected chi connectivity index (χ3v) is 23.8. The Kier molecular flexibility index (Phi) is 13.0. The maximum Gasteiger partial charge on any atom is 0.238 e. The summed E-state index contributed by atoms with van der Waals surface area (Å²) in [5, 5.41) is 13.9. The van der Waals surface area contributed by atoms with Crippen LogP contribution in [0.4, 0.5) is 34.4 Å². The maximum absolute atomic E-state index is 5.22. The summed E-state index contributed by atoms with van der Waals surface area (Å²) in [6, 6.07) is 103. The number of aromatic nitrogens is 6. The van der Waals surface area contributed by atoms with Gasteiger partial charge in [0.1, 0.15) is 0 Å². The number of fused-ring (bicyclic) bond motifs is 20. The van der Waals surface area contributed by atoms with Gasteiger partial charge in [0.15, 0.2) is 29.1 Å². The number of hydrogen-bond donors (Lipinski definition) is 0. The van der Waals surface area contributed by atoms with Gasteiger partial charge in [-0.25, -0.2) is 19.9 Å². The van der Waals surface area contributed by atoms with Crippen LogP contribution in [-0.4, -0.2) is 29.9 Å². The number of para-hydroxylation sites is 2. The van der Waals surface area contributed by atoms with E-state index in [1.165, 1.54) is 96.9 Å². The number of benzene rings is 11. The molecule has 12 heteroatoms. The van der Waals surface area contributed by atoms with Gasteiger partial charge in [0.2, 0.25) is 5.95 Å². The molecule has 8 nitrogen and oxygen atoms in total. The van der Waals surface area contributed by atoms with E-state index in [2.05, 4.69) is 225 Å². The van der Waals surface area contributed by atoms with Crippen molar-refractivity contribution in [3.8, 4) is 76.4 Å². The number of rotatable bonds is 7. The zero-order chi connectivity index (χ0) is 64.5. The first-order valence-corrected chi connectivity index (χ1v) is 36.1. The minimum atomic E-state index is -0.450. The van der Waals surface area contributed by atoms with E-state index in [0.717, 1.165) is 44.9 Å². The highest BCUT2D eigenvalue weighted by molar-refractivity contribution is 7.21. The van der Waals surface area contributed by atoms with E-state index in [1.807, 2.05) is 142 Å². The van der Waals surface area contributed by atoms with E-state index in [9.17, 15) is 0 Å². The van der Waals surface area contributed by atoms with Crippen molar-refractivity contribution in [2.45, 2.75) is 10.8 Å². The van der Waals surface area contributed by atoms with Crippen molar-refractivity contribution in [2.75, 3.05) is 9.80 Å². The fourth-order valence-electron chi connectivity index (χ4n) is 15.6. The maximum atomic E-state index is 5.22. The molecule has 4 aliphatic rings. The molecule has 6 aromatic heterocycles. The van der Waals surface area contributed by atoms with Crippen LogP contribution < -0.4 is 9.80 Å². The quantitative estimate of drug-likeness (QED) is 0.156. The molecule has 0 unspecified atom stereocenters. The summed E-state index contributed by atoms with van der Waals surface area (Å²) < 4.78 is 0. The predicted octanol–water partition coefficient (Wildman–Crippen LogP) is 22.9. The molecule has 0 fully saturated rings. The molecule has 0 saturated carbocycles. The molecule has 8 heterocycles. The second kappa shape index (κ2) is 22.5. The van der Waals surface area contributed by atoms with Crippen molar-refractivity contribution < 1.29 is 0 Å². The standard InChI is InChI=1S/C46H28N4S2.C40H24N4S2/c1-3-11-29(12-4-1)43-47-44(30-13-5-2-6-14-30)49-45(48-43)31-19-21-34(22-20-31)50-39-18-10-9-17-35(39)46(36-23-25-51-41(36)42-37(46)24-26-52-42)38-27-32-15-7-8-16-33(32)28-40(38)50;1-3-11-25(12-4-1)37-41-38(26-13-5-2-6-14-26)43-39(42-37)44-33-18-10-9-17-29(33)40(30-19-21-45-35(30)36-31(40)20-22-46-36)32-23-27-15-7-8-16-28(27)24-34(32)44/h1-28H;1-24H. The average Bonchev–Trinajstić information content (AvgIpc) is 1.45. The highest BCUT2D eigenvalue weighted by Gasteiger charge is 2.55. The van der Waals surface area contributed by atoms with E-state index in [1.54, 1.807) is 0 Å². The van der Waals surface area contributed by atoms with Crippen LogP contribution in [0.1, 0.15) is 44.5 Å². The number of nitrogens with zero attached hydrogens (tertiary/aromatic N) is 8. The van der Waals surface area contributed by atoms with Crippen molar-refractivity contribution in [1.29, 1.82) is 0 Å². The first kappa shape index (κ1) is 56.7. The molecule has 11 aromatic carbocycles. The van der Waals surface area contributed by atoms with Gasteiger partial charge in [0, 0.05) is 53.0 Å². The molecular weight excluding hydrogens is 1270 g/mol. The van der Waals surface area contributed by atoms with Gasteiger partial charge in [-0.3, -0.25) is 4.90 Å². The molecule has 0 amide bonds. The van der Waals surface area contributed by atoms with E-state index in [-0.39, 0.29) is 0 Å². The second-order valence-electron chi connectivity index (χ2n) is 24.9. The van der Waals surface area contributed by atoms with Gasteiger partial charge in [-0.2, -0.15) is 9.97 Å². The molecule has 2 spiro atoms. The molecule has 0 N–H and O–H groups in total. The normalized spacial score (nSPS) is 13.6. The van der Waals surface area contributed by atoms with Gasteiger partial charge in [-0.05, 0) is 173 Å². The fraction of sp³-hybridized carbons (Fsp3) is 0.0233. The minimum Gasteiger partial charge on any atom is -0.310 e. The van der Waals surface area contributed by atoms with Crippen LogP contribution in [0.5, 0.6) is 0 Å². The van der Waals surface area contributed by atoms with Crippen LogP contribution in [0, 0.1) is 0 Å². The second-order valence-corrected chi connectivity index (χ2v) is 28.6. The molecule has 21 rings (SSSR count). The van der Waals surface area contributed by atoms with E-state index >= 15 is 0 Å². The smallest absolute Gasteiger partial charge is 0.238 e. The fourth-order valence-corrected chi connectivity index (χ4v) is 19.8. The monoisotopic (exact) mass is 1320 g/mol. The van der Waals surface area contributed by atoms with Crippen molar-refractivity contribution in [1.82, 2.24) is 29.9 Å². The molecule has 0 bridgehead atoms. The molecule has 98 heavy (non-hydrogen) atoms. The van der Waals surface area contributed by atoms with E-state index in [4.69, 9.17) is 29.9 Å². The lowest BCUT2D eigenvalue weighted by Crippen LogP contribution is -2.36. The largest absolute Gasteiger partial charge is 0.310 e. The lowest BCUT2D eigenvalue weighted by molar-refractivity contribution is 0.754. The van der Waals surface area contributed by atoms with Crippen molar-refractivity contribution in [3.05, 3.63) is 357 Å². The third kappa shape index (κ3) is 8.52. The molecular formula is C86H52N8S4. The minimum absolute atomic E-state index is 0.399. The number of thiophene rings is 4. The molecule has 17 aromatic rings. The predicted molar refractivity (Wildman–Crippen MR) is 404 cm³/mol. The van der Waals surface area contributed by atoms with Crippen molar-refractivity contribution in [2.24, 2.45) is 0 Å². The first-order chi connectivity index (χ1) is 48.6. The van der Waals surface area contributed by atoms with Crippen LogP contribution in [0.25, 0.3) is 98.0 Å². The summed E-state index contributed by atoms with van der Waals surface area (Å²) in [4.78, 5) is 40.5. The van der Waals surface area contributed by atoms with E-state index < -0.39 is 10.8 Å². The van der Waals surface area contributed by atoms with Gasteiger partial charge in [-0.15, -0.1) is 45.3 Å². The lowest BCUT2D eigenvalue weighted by Gasteiger charge is -2.44. The van der Waals surface area contributed by atoms with Crippen LogP contribution in [-0.2, 0) is 10.8 Å². The molecule has 0 saturated heterocycles. The average molecular weight is 1330 g/mol. The first-order valence-electron chi connectivity index (χ1n) is 32.6. The topological polar surface area (TPSA) is 83.8 Å². The van der Waals surface area contributed by atoms with Crippen molar-refractivity contribution in [3.63, 3.8) is 0 Å². The number of anilines is 6. The van der Waals surface area contributed by atoms with Crippen molar-refractivity contribution >= 4 is 101 Å². The Morgan fingerprint density at radius 3 is 0.898 bits per heavy atom. The highest BCUT2D eigenvalue weighted by atomic mass is 32.1. The molecule has 2 aliphatic carbocycles. The van der Waals surface area contributed by atoms with Crippen LogP contribution in [0.15, 0.2) is 313 Å². The van der Waals surface area contributed by atoms with Crippen LogP contribution in [0.3, 0.4) is 0 Å². The van der Waals surface area contributed by atoms with Gasteiger partial charge >= 0.3 is 0 Å². The van der Waals surface area contributed by atoms with Gasteiger partial charge < -0.3 is 4.90 Å². The van der Waals surface area contributed by atoms with E-state index in [0.29, 0.717) is 35.1 Å². The Morgan fingerprint density at radius 2 is 0.520 bits per heavy atom. The zero-order valence-electron chi connectivity index (χ0n) is 52.2. The highest BCUT2D eigenvalue weighted by Crippen LogP contribution is 2.68. The Balaban J connectivity index is 0.000000134. The van der Waals surface area contributed by atoms with Crippen LogP contribution >= 0.6 is 45.3 Å². The van der Waals surface area contributed by atoms with Gasteiger partial charge in [0.25, 0.3) is 0 Å². The molecule has 460 valence electrons. The summed E-state index contributed by atoms with van der Waals surface area (Å²) in [7, 11) is 0. The van der Waals surface area contributed by atoms with Crippen LogP contribution in [0.2, 0.25) is 0 Å². The number of hydrogen-bond acceptors (Lipinski definition) is 12. The molecule has 0 radical (unpaired) electrons. The third-order valence-electron chi connectivity index (χ3n) is 19.8. The Labute approximate surface area is 581 Å². The summed E-state index contributed by atoms with van der Waals surface area (Å²) in [6.07, 6.45) is 0. The SMILES string of the molecule is c1ccc(-c2nc(-c3ccccc3)nc(-c3ccc(N4c5ccccc5C5(c6cc7ccccc7cc64)c4ccsc4-c4sccc45)cc3)n2)cc1.c1ccc(-c2nc(-c3ccccc3)nc(N3c4ccccc4C4(c5cc6ccccc6cc53)c3ccsc3-c3sccc34)n2)cc1. The molecule has 0 atom stereocenters. The summed E-state index contributed by atoms with van der Waals surface area (Å²) in [5.74, 6) is 3.84. The Morgan fingerprint density at radius 1 is 0.224 bits per heavy atom. The summed E-state index contributed by atoms with van der Waals surface area (Å²) in [6.45, 7) is 0.